The second-order valence-electron chi connectivity index (χ2n) is 5.97. The largest absolute Gasteiger partial charge is 0.357 e. The molecule has 2 aromatic rings. The van der Waals surface area contributed by atoms with Gasteiger partial charge in [-0.1, -0.05) is 30.3 Å². The molecule has 2 N–H and O–H groups in total. The molecule has 3 rings (SSSR count). The van der Waals surface area contributed by atoms with E-state index in [0.29, 0.717) is 11.3 Å². The van der Waals surface area contributed by atoms with Gasteiger partial charge >= 0.3 is 0 Å². The number of H-pyrrole nitrogens is 1. The van der Waals surface area contributed by atoms with E-state index in [9.17, 15) is 9.59 Å². The van der Waals surface area contributed by atoms with Crippen molar-refractivity contribution in [3.63, 3.8) is 0 Å². The molecule has 0 saturated carbocycles. The third-order valence-electron chi connectivity index (χ3n) is 4.26. The predicted octanol–water partition coefficient (Wildman–Crippen LogP) is 2.22. The van der Waals surface area contributed by atoms with Gasteiger partial charge in [-0.25, -0.2) is 0 Å². The molecule has 0 spiro atoms. The number of aromatic amines is 1. The Bertz CT molecular complexity index is 658. The molecule has 0 radical (unpaired) electrons. The van der Waals surface area contributed by atoms with Crippen molar-refractivity contribution in [2.45, 2.75) is 25.4 Å². The summed E-state index contributed by atoms with van der Waals surface area (Å²) in [6.45, 7) is 2.91. The van der Waals surface area contributed by atoms with Gasteiger partial charge in [0.2, 0.25) is 0 Å². The Kier molecular flexibility index (Phi) is 4.88. The van der Waals surface area contributed by atoms with E-state index in [0.717, 1.165) is 38.8 Å². The molecule has 23 heavy (non-hydrogen) atoms. The van der Waals surface area contributed by atoms with Crippen molar-refractivity contribution < 1.29 is 9.59 Å². The number of aldehydes is 1. The summed E-state index contributed by atoms with van der Waals surface area (Å²) in [7, 11) is 0. The van der Waals surface area contributed by atoms with Gasteiger partial charge < -0.3 is 10.3 Å². The number of amides is 1. The second-order valence-corrected chi connectivity index (χ2v) is 5.97. The van der Waals surface area contributed by atoms with Crippen LogP contribution in [0.3, 0.4) is 0 Å². The maximum absolute atomic E-state index is 12.1. The maximum Gasteiger partial charge on any atom is 0.267 e. The van der Waals surface area contributed by atoms with Crippen LogP contribution < -0.4 is 5.32 Å². The lowest BCUT2D eigenvalue weighted by atomic mass is 10.0. The van der Waals surface area contributed by atoms with E-state index in [1.165, 1.54) is 5.56 Å². The molecule has 1 aliphatic heterocycles. The van der Waals surface area contributed by atoms with Gasteiger partial charge in [-0.15, -0.1) is 0 Å². The van der Waals surface area contributed by atoms with E-state index in [1.54, 1.807) is 12.3 Å². The van der Waals surface area contributed by atoms with Crippen molar-refractivity contribution in [2.24, 2.45) is 0 Å². The summed E-state index contributed by atoms with van der Waals surface area (Å²) in [6, 6.07) is 12.2. The van der Waals surface area contributed by atoms with Crippen molar-refractivity contribution in [2.75, 3.05) is 13.1 Å². The minimum absolute atomic E-state index is 0.139. The number of hydrogen-bond acceptors (Lipinski definition) is 3. The molecule has 1 aromatic heterocycles. The molecule has 0 bridgehead atoms. The third kappa shape index (κ3) is 4.07. The molecule has 2 heterocycles. The van der Waals surface area contributed by atoms with Crippen LogP contribution in [0.4, 0.5) is 0 Å². The van der Waals surface area contributed by atoms with Crippen LogP contribution in [0.2, 0.25) is 0 Å². The average Bonchev–Trinajstić information content (AvgIpc) is 3.07. The van der Waals surface area contributed by atoms with Crippen LogP contribution in [0, 0.1) is 0 Å². The smallest absolute Gasteiger partial charge is 0.267 e. The van der Waals surface area contributed by atoms with Gasteiger partial charge in [0.25, 0.3) is 5.91 Å². The van der Waals surface area contributed by atoms with Gasteiger partial charge in [0.05, 0.1) is 0 Å². The highest BCUT2D eigenvalue weighted by Crippen LogP contribution is 2.14. The topological polar surface area (TPSA) is 65.2 Å². The van der Waals surface area contributed by atoms with Crippen LogP contribution in [0.5, 0.6) is 0 Å². The number of hydrogen-bond donors (Lipinski definition) is 2. The third-order valence-corrected chi connectivity index (χ3v) is 4.26. The van der Waals surface area contributed by atoms with Gasteiger partial charge in [0.15, 0.2) is 6.29 Å². The first kappa shape index (κ1) is 15.5. The Hall–Kier alpha value is -2.40. The summed E-state index contributed by atoms with van der Waals surface area (Å²) in [6.07, 6.45) is 4.17. The fraction of sp³-hybridized carbons (Fsp3) is 0.333. The molecule has 0 aliphatic carbocycles. The number of benzene rings is 1. The molecule has 1 fully saturated rings. The summed E-state index contributed by atoms with van der Waals surface area (Å²) >= 11 is 0. The summed E-state index contributed by atoms with van der Waals surface area (Å²) in [5.41, 5.74) is 2.26. The van der Waals surface area contributed by atoms with Gasteiger partial charge in [0, 0.05) is 37.4 Å². The van der Waals surface area contributed by atoms with Crippen LogP contribution in [-0.4, -0.2) is 41.2 Å². The Labute approximate surface area is 135 Å². The normalized spacial score (nSPS) is 16.2. The second kappa shape index (κ2) is 7.24. The van der Waals surface area contributed by atoms with E-state index in [4.69, 9.17) is 0 Å². The monoisotopic (exact) mass is 311 g/mol. The predicted molar refractivity (Wildman–Crippen MR) is 88.4 cm³/mol. The first-order valence-corrected chi connectivity index (χ1v) is 7.95. The zero-order chi connectivity index (χ0) is 16.1. The van der Waals surface area contributed by atoms with Crippen molar-refractivity contribution in [3.05, 3.63) is 59.4 Å². The molecule has 1 amide bonds. The van der Waals surface area contributed by atoms with Crippen molar-refractivity contribution in [3.8, 4) is 0 Å². The van der Waals surface area contributed by atoms with Crippen molar-refractivity contribution >= 4 is 12.2 Å². The number of likely N-dealkylation sites (tertiary alicyclic amines) is 1. The number of nitrogens with one attached hydrogen (secondary N) is 2. The average molecular weight is 311 g/mol. The fourth-order valence-corrected chi connectivity index (χ4v) is 2.95. The highest BCUT2D eigenvalue weighted by molar-refractivity contribution is 5.94. The number of rotatable bonds is 5. The van der Waals surface area contributed by atoms with Crippen LogP contribution in [0.25, 0.3) is 0 Å². The first-order valence-electron chi connectivity index (χ1n) is 7.95. The van der Waals surface area contributed by atoms with Crippen LogP contribution in [0.15, 0.2) is 42.6 Å². The zero-order valence-electron chi connectivity index (χ0n) is 13.0. The van der Waals surface area contributed by atoms with Gasteiger partial charge in [-0.2, -0.15) is 0 Å². The summed E-state index contributed by atoms with van der Waals surface area (Å²) in [4.78, 5) is 28.1. The summed E-state index contributed by atoms with van der Waals surface area (Å²) in [5.74, 6) is -0.139. The lowest BCUT2D eigenvalue weighted by Gasteiger charge is -2.32. The number of carbonyl (C=O) groups is 2. The van der Waals surface area contributed by atoms with Gasteiger partial charge in [-0.3, -0.25) is 14.5 Å². The van der Waals surface area contributed by atoms with E-state index in [2.05, 4.69) is 39.5 Å². The molecule has 1 aromatic carbocycles. The number of carbonyl (C=O) groups excluding carboxylic acids is 2. The molecule has 1 aliphatic rings. The van der Waals surface area contributed by atoms with Crippen molar-refractivity contribution in [1.82, 2.24) is 15.2 Å². The molecular weight excluding hydrogens is 290 g/mol. The minimum Gasteiger partial charge on any atom is -0.357 e. The molecule has 5 nitrogen and oxygen atoms in total. The first-order chi connectivity index (χ1) is 11.2. The maximum atomic E-state index is 12.1. The molecule has 5 heteroatoms. The molecular formula is C18H21N3O2. The Balaban J connectivity index is 1.47. The van der Waals surface area contributed by atoms with E-state index < -0.39 is 0 Å². The fourth-order valence-electron chi connectivity index (χ4n) is 2.95. The van der Waals surface area contributed by atoms with Gasteiger partial charge in [-0.05, 0) is 24.5 Å². The minimum atomic E-state index is -0.139. The van der Waals surface area contributed by atoms with Crippen LogP contribution in [-0.2, 0) is 6.54 Å². The van der Waals surface area contributed by atoms with Crippen LogP contribution in [0.1, 0.15) is 39.3 Å². The molecule has 120 valence electrons. The number of aromatic nitrogens is 1. The highest BCUT2D eigenvalue weighted by atomic mass is 16.2. The van der Waals surface area contributed by atoms with Gasteiger partial charge in [0.1, 0.15) is 5.69 Å². The quantitative estimate of drug-likeness (QED) is 0.832. The van der Waals surface area contributed by atoms with Crippen molar-refractivity contribution in [1.29, 1.82) is 0 Å². The Morgan fingerprint density at radius 3 is 2.65 bits per heavy atom. The zero-order valence-corrected chi connectivity index (χ0v) is 13.0. The number of piperidine rings is 1. The van der Waals surface area contributed by atoms with Crippen LogP contribution >= 0.6 is 0 Å². The van der Waals surface area contributed by atoms with E-state index >= 15 is 0 Å². The Morgan fingerprint density at radius 1 is 1.26 bits per heavy atom. The van der Waals surface area contributed by atoms with E-state index in [-0.39, 0.29) is 11.9 Å². The lowest BCUT2D eigenvalue weighted by molar-refractivity contribution is 0.0904. The summed E-state index contributed by atoms with van der Waals surface area (Å²) < 4.78 is 0. The lowest BCUT2D eigenvalue weighted by Crippen LogP contribution is -2.44. The van der Waals surface area contributed by atoms with E-state index in [1.807, 2.05) is 6.07 Å². The molecule has 1 saturated heterocycles. The SMILES string of the molecule is O=Cc1c[nH]c(C(=O)NC2CCN(Cc3ccccc3)CC2)c1. The molecule has 0 atom stereocenters. The Morgan fingerprint density at radius 2 is 2.00 bits per heavy atom. The molecule has 0 unspecified atom stereocenters. The highest BCUT2D eigenvalue weighted by Gasteiger charge is 2.21. The number of nitrogens with zero attached hydrogens (tertiary/aromatic N) is 1. The standard InChI is InChI=1S/C18H21N3O2/c22-13-15-10-17(19-11-15)18(23)20-16-6-8-21(9-7-16)12-14-4-2-1-3-5-14/h1-5,10-11,13,16,19H,6-9,12H2,(H,20,23). The summed E-state index contributed by atoms with van der Waals surface area (Å²) in [5, 5.41) is 3.04.